The minimum atomic E-state index is -0.799. The second-order valence-corrected chi connectivity index (χ2v) is 12.3. The number of nitriles is 1. The van der Waals surface area contributed by atoms with Gasteiger partial charge in [-0.05, 0) is 69.6 Å². The third-order valence-corrected chi connectivity index (χ3v) is 8.62. The van der Waals surface area contributed by atoms with Crippen LogP contribution in [-0.4, -0.2) is 51.8 Å². The van der Waals surface area contributed by atoms with Crippen molar-refractivity contribution in [2.24, 2.45) is 11.3 Å². The minimum absolute atomic E-state index is 0.0806. The molecule has 1 spiro atoms. The average molecular weight is 524 g/mol. The van der Waals surface area contributed by atoms with Crippen molar-refractivity contribution in [2.75, 3.05) is 6.54 Å². The van der Waals surface area contributed by atoms with Crippen LogP contribution in [0.5, 0.6) is 0 Å². The van der Waals surface area contributed by atoms with Crippen LogP contribution >= 0.6 is 11.6 Å². The molecule has 2 aromatic rings. The molecule has 0 unspecified atom stereocenters. The number of carbonyl (C=O) groups is 3. The van der Waals surface area contributed by atoms with E-state index in [0.717, 1.165) is 36.6 Å². The molecule has 37 heavy (non-hydrogen) atoms. The SMILES string of the molecule is CC1(C)C[C@@H](C[C@@H](C#N)NC(=O)[C@@H]2CC3(CCCCC3)CN2C(=O)c2cc3ccc(Cl)cc3[nH]2)C(=O)N1. The van der Waals surface area contributed by atoms with Gasteiger partial charge in [0.25, 0.3) is 5.91 Å². The van der Waals surface area contributed by atoms with Gasteiger partial charge in [-0.1, -0.05) is 36.9 Å². The standard InChI is InChI=1S/C28H34ClN5O3/c1-27(2)13-18(24(35)33-27)10-20(15-30)31-25(36)23-14-28(8-4-3-5-9-28)16-34(23)26(37)22-11-17-6-7-19(29)12-21(17)32-22/h6-7,11-12,18,20,23,32H,3-5,8-10,13-14,16H2,1-2H3,(H,31,36)(H,33,35)/t18-,20+,23+/m1/s1. The van der Waals surface area contributed by atoms with Gasteiger partial charge in [0.2, 0.25) is 11.8 Å². The van der Waals surface area contributed by atoms with E-state index >= 15 is 0 Å². The first-order valence-corrected chi connectivity index (χ1v) is 13.6. The number of amides is 3. The Morgan fingerprint density at radius 2 is 1.97 bits per heavy atom. The van der Waals surface area contributed by atoms with E-state index < -0.39 is 12.1 Å². The first kappa shape index (κ1) is 25.6. The third kappa shape index (κ3) is 5.19. The van der Waals surface area contributed by atoms with Crippen molar-refractivity contribution >= 4 is 40.2 Å². The zero-order chi connectivity index (χ0) is 26.4. The van der Waals surface area contributed by atoms with Gasteiger partial charge in [0.15, 0.2) is 0 Å². The molecular formula is C28H34ClN5O3. The Bertz CT molecular complexity index is 1270. The highest BCUT2D eigenvalue weighted by atomic mass is 35.5. The van der Waals surface area contributed by atoms with Crippen LogP contribution in [0, 0.1) is 22.7 Å². The minimum Gasteiger partial charge on any atom is -0.351 e. The summed E-state index contributed by atoms with van der Waals surface area (Å²) in [5.41, 5.74) is 0.788. The van der Waals surface area contributed by atoms with E-state index in [1.165, 1.54) is 6.42 Å². The van der Waals surface area contributed by atoms with E-state index in [4.69, 9.17) is 11.6 Å². The topological polar surface area (TPSA) is 118 Å². The number of hydrogen-bond acceptors (Lipinski definition) is 4. The highest BCUT2D eigenvalue weighted by molar-refractivity contribution is 6.31. The largest absolute Gasteiger partial charge is 0.351 e. The molecular weight excluding hydrogens is 490 g/mol. The van der Waals surface area contributed by atoms with E-state index in [2.05, 4.69) is 21.7 Å². The number of likely N-dealkylation sites (tertiary alicyclic amines) is 1. The Hall–Kier alpha value is -3.05. The van der Waals surface area contributed by atoms with Crippen LogP contribution in [0.4, 0.5) is 0 Å². The maximum Gasteiger partial charge on any atom is 0.271 e. The second-order valence-electron chi connectivity index (χ2n) is 11.8. The molecule has 3 aliphatic rings. The predicted molar refractivity (Wildman–Crippen MR) is 141 cm³/mol. The number of halogens is 1. The molecule has 3 atom stereocenters. The lowest BCUT2D eigenvalue weighted by molar-refractivity contribution is -0.126. The number of hydrogen-bond donors (Lipinski definition) is 3. The fourth-order valence-corrected chi connectivity index (χ4v) is 6.79. The number of rotatable bonds is 5. The van der Waals surface area contributed by atoms with Crippen LogP contribution < -0.4 is 10.6 Å². The fraction of sp³-hybridized carbons (Fsp3) is 0.571. The van der Waals surface area contributed by atoms with E-state index in [-0.39, 0.29) is 41.0 Å². The summed E-state index contributed by atoms with van der Waals surface area (Å²) in [6.07, 6.45) is 6.79. The molecule has 0 bridgehead atoms. The number of nitrogens with zero attached hydrogens (tertiary/aromatic N) is 2. The van der Waals surface area contributed by atoms with Crippen molar-refractivity contribution in [3.63, 3.8) is 0 Å². The van der Waals surface area contributed by atoms with Crippen LogP contribution in [0.2, 0.25) is 5.02 Å². The summed E-state index contributed by atoms with van der Waals surface area (Å²) in [5.74, 6) is -0.958. The summed E-state index contributed by atoms with van der Waals surface area (Å²) in [6.45, 7) is 4.43. The van der Waals surface area contributed by atoms with Crippen molar-refractivity contribution in [3.05, 3.63) is 35.0 Å². The summed E-state index contributed by atoms with van der Waals surface area (Å²) < 4.78 is 0. The number of fused-ring (bicyclic) bond motifs is 1. The van der Waals surface area contributed by atoms with Crippen molar-refractivity contribution < 1.29 is 14.4 Å². The summed E-state index contributed by atoms with van der Waals surface area (Å²) in [7, 11) is 0. The lowest BCUT2D eigenvalue weighted by Gasteiger charge is -2.32. The molecule has 3 heterocycles. The Morgan fingerprint density at radius 1 is 1.22 bits per heavy atom. The van der Waals surface area contributed by atoms with Gasteiger partial charge in [-0.15, -0.1) is 0 Å². The van der Waals surface area contributed by atoms with Crippen molar-refractivity contribution in [2.45, 2.75) is 82.8 Å². The van der Waals surface area contributed by atoms with Gasteiger partial charge in [-0.2, -0.15) is 5.26 Å². The summed E-state index contributed by atoms with van der Waals surface area (Å²) in [6, 6.07) is 7.93. The zero-order valence-corrected chi connectivity index (χ0v) is 22.2. The van der Waals surface area contributed by atoms with E-state index in [0.29, 0.717) is 30.1 Å². The third-order valence-electron chi connectivity index (χ3n) is 8.38. The van der Waals surface area contributed by atoms with E-state index in [1.54, 1.807) is 23.1 Å². The molecule has 9 heteroatoms. The number of carbonyl (C=O) groups excluding carboxylic acids is 3. The predicted octanol–water partition coefficient (Wildman–Crippen LogP) is 4.30. The molecule has 8 nitrogen and oxygen atoms in total. The van der Waals surface area contributed by atoms with Crippen LogP contribution in [0.25, 0.3) is 10.9 Å². The Morgan fingerprint density at radius 3 is 2.65 bits per heavy atom. The molecule has 3 N–H and O–H groups in total. The molecule has 3 fully saturated rings. The summed E-state index contributed by atoms with van der Waals surface area (Å²) in [4.78, 5) is 44.6. The Labute approximate surface area is 222 Å². The lowest BCUT2D eigenvalue weighted by atomic mass is 9.72. The van der Waals surface area contributed by atoms with Gasteiger partial charge >= 0.3 is 0 Å². The monoisotopic (exact) mass is 523 g/mol. The zero-order valence-electron chi connectivity index (χ0n) is 21.4. The highest BCUT2D eigenvalue weighted by Gasteiger charge is 2.49. The van der Waals surface area contributed by atoms with Gasteiger partial charge in [-0.25, -0.2) is 0 Å². The van der Waals surface area contributed by atoms with Crippen molar-refractivity contribution in [1.29, 1.82) is 5.26 Å². The molecule has 1 aliphatic carbocycles. The second kappa shape index (κ2) is 9.68. The first-order chi connectivity index (χ1) is 17.6. The summed E-state index contributed by atoms with van der Waals surface area (Å²) >= 11 is 6.12. The molecule has 2 aliphatic heterocycles. The molecule has 1 aromatic carbocycles. The smallest absolute Gasteiger partial charge is 0.271 e. The number of H-pyrrole nitrogens is 1. The van der Waals surface area contributed by atoms with Gasteiger partial charge in [-0.3, -0.25) is 14.4 Å². The molecule has 196 valence electrons. The van der Waals surface area contributed by atoms with Gasteiger partial charge in [0.1, 0.15) is 17.8 Å². The normalized spacial score (nSPS) is 25.1. The summed E-state index contributed by atoms with van der Waals surface area (Å²) in [5, 5.41) is 17.1. The van der Waals surface area contributed by atoms with Gasteiger partial charge in [0, 0.05) is 33.9 Å². The first-order valence-electron chi connectivity index (χ1n) is 13.2. The Balaban J connectivity index is 1.36. The van der Waals surface area contributed by atoms with E-state index in [9.17, 15) is 19.6 Å². The molecule has 3 amide bonds. The maximum absolute atomic E-state index is 13.8. The van der Waals surface area contributed by atoms with Crippen molar-refractivity contribution in [3.8, 4) is 6.07 Å². The number of aromatic amines is 1. The number of nitrogens with one attached hydrogen (secondary N) is 3. The van der Waals surface area contributed by atoms with Gasteiger partial charge < -0.3 is 20.5 Å². The Kier molecular flexibility index (Phi) is 6.70. The van der Waals surface area contributed by atoms with Crippen LogP contribution in [-0.2, 0) is 9.59 Å². The average Bonchev–Trinajstić information content (AvgIpc) is 3.51. The number of aromatic nitrogens is 1. The molecule has 2 saturated heterocycles. The number of benzene rings is 1. The maximum atomic E-state index is 13.8. The highest BCUT2D eigenvalue weighted by Crippen LogP contribution is 2.46. The fourth-order valence-electron chi connectivity index (χ4n) is 6.62. The van der Waals surface area contributed by atoms with Crippen LogP contribution in [0.1, 0.15) is 75.7 Å². The molecule has 1 aromatic heterocycles. The van der Waals surface area contributed by atoms with Crippen LogP contribution in [0.3, 0.4) is 0 Å². The van der Waals surface area contributed by atoms with E-state index in [1.807, 2.05) is 19.9 Å². The molecule has 1 saturated carbocycles. The van der Waals surface area contributed by atoms with Crippen LogP contribution in [0.15, 0.2) is 24.3 Å². The molecule has 0 radical (unpaired) electrons. The quantitative estimate of drug-likeness (QED) is 0.541. The van der Waals surface area contributed by atoms with Gasteiger partial charge in [0.05, 0.1) is 6.07 Å². The lowest BCUT2D eigenvalue weighted by Crippen LogP contribution is -2.49. The van der Waals surface area contributed by atoms with Crippen molar-refractivity contribution in [1.82, 2.24) is 20.5 Å². The molecule has 5 rings (SSSR count).